The Morgan fingerprint density at radius 2 is 1.78 bits per heavy atom. The van der Waals surface area contributed by atoms with Gasteiger partial charge in [0.15, 0.2) is 5.96 Å². The largest absolute Gasteiger partial charge is 0.494 e. The van der Waals surface area contributed by atoms with Crippen molar-refractivity contribution in [1.82, 2.24) is 10.6 Å². The van der Waals surface area contributed by atoms with Crippen LogP contribution in [-0.2, 0) is 19.6 Å². The van der Waals surface area contributed by atoms with Gasteiger partial charge >= 0.3 is 0 Å². The van der Waals surface area contributed by atoms with Crippen LogP contribution >= 0.6 is 0 Å². The molecule has 2 aliphatic rings. The van der Waals surface area contributed by atoms with Gasteiger partial charge in [0.1, 0.15) is 5.75 Å². The molecule has 0 aromatic heterocycles. The summed E-state index contributed by atoms with van der Waals surface area (Å²) >= 11 is 0. The minimum Gasteiger partial charge on any atom is -0.494 e. The fourth-order valence-corrected chi connectivity index (χ4v) is 4.42. The van der Waals surface area contributed by atoms with Crippen LogP contribution in [0.1, 0.15) is 44.6 Å². The van der Waals surface area contributed by atoms with E-state index in [9.17, 15) is 0 Å². The third-order valence-corrected chi connectivity index (χ3v) is 6.50. The zero-order valence-corrected chi connectivity index (χ0v) is 19.9. The molecule has 0 radical (unpaired) electrons. The van der Waals surface area contributed by atoms with Crippen LogP contribution in [-0.4, -0.2) is 72.3 Å². The smallest absolute Gasteiger partial charge is 0.191 e. The topological polar surface area (TPSA) is 73.3 Å². The SMILES string of the molecule is CCOc1ccc(C2(CNC(=NC)NCCCOCC3CCOCC3)CCOCC2)cc1. The highest BCUT2D eigenvalue weighted by molar-refractivity contribution is 5.79. The fraction of sp³-hybridized carbons (Fsp3) is 0.720. The van der Waals surface area contributed by atoms with Gasteiger partial charge in [0.05, 0.1) is 6.61 Å². The number of nitrogens with zero attached hydrogens (tertiary/aromatic N) is 1. The predicted molar refractivity (Wildman–Crippen MR) is 128 cm³/mol. The molecule has 0 unspecified atom stereocenters. The second-order valence-corrected chi connectivity index (χ2v) is 8.69. The molecular weight excluding hydrogens is 406 g/mol. The number of hydrogen-bond donors (Lipinski definition) is 2. The van der Waals surface area contributed by atoms with Gasteiger partial charge in [0.25, 0.3) is 0 Å². The Balaban J connectivity index is 1.42. The summed E-state index contributed by atoms with van der Waals surface area (Å²) in [5.41, 5.74) is 1.36. The van der Waals surface area contributed by atoms with Gasteiger partial charge in [0.2, 0.25) is 0 Å². The van der Waals surface area contributed by atoms with Gasteiger partial charge in [-0.15, -0.1) is 0 Å². The molecule has 0 spiro atoms. The van der Waals surface area contributed by atoms with E-state index in [4.69, 9.17) is 18.9 Å². The second-order valence-electron chi connectivity index (χ2n) is 8.69. The number of aliphatic imine (C=N–C) groups is 1. The molecule has 32 heavy (non-hydrogen) atoms. The Morgan fingerprint density at radius 3 is 2.47 bits per heavy atom. The number of hydrogen-bond acceptors (Lipinski definition) is 5. The van der Waals surface area contributed by atoms with Crippen molar-refractivity contribution < 1.29 is 18.9 Å². The first-order valence-electron chi connectivity index (χ1n) is 12.2. The summed E-state index contributed by atoms with van der Waals surface area (Å²) < 4.78 is 22.6. The van der Waals surface area contributed by atoms with Crippen LogP contribution in [0.15, 0.2) is 29.3 Å². The van der Waals surface area contributed by atoms with Gasteiger partial charge < -0.3 is 29.6 Å². The first-order valence-corrected chi connectivity index (χ1v) is 12.2. The third-order valence-electron chi connectivity index (χ3n) is 6.50. The van der Waals surface area contributed by atoms with Crippen LogP contribution < -0.4 is 15.4 Å². The van der Waals surface area contributed by atoms with Gasteiger partial charge in [0, 0.05) is 65.2 Å². The standard InChI is InChI=1S/C25H41N3O4/c1-3-32-23-7-5-22(6-8-23)25(11-17-30-18-12-25)20-28-24(26-2)27-13-4-14-31-19-21-9-15-29-16-10-21/h5-8,21H,3-4,9-20H2,1-2H3,(H2,26,27,28). The summed E-state index contributed by atoms with van der Waals surface area (Å²) in [5, 5.41) is 6.99. The van der Waals surface area contributed by atoms with Gasteiger partial charge in [-0.25, -0.2) is 0 Å². The monoisotopic (exact) mass is 447 g/mol. The minimum absolute atomic E-state index is 0.0352. The minimum atomic E-state index is 0.0352. The summed E-state index contributed by atoms with van der Waals surface area (Å²) in [6.45, 7) is 9.30. The highest BCUT2D eigenvalue weighted by Gasteiger charge is 2.34. The van der Waals surface area contributed by atoms with Crippen molar-refractivity contribution in [2.24, 2.45) is 10.9 Å². The molecule has 180 valence electrons. The van der Waals surface area contributed by atoms with E-state index in [1.807, 2.05) is 14.0 Å². The fourth-order valence-electron chi connectivity index (χ4n) is 4.42. The van der Waals surface area contributed by atoms with Crippen LogP contribution in [0.3, 0.4) is 0 Å². The lowest BCUT2D eigenvalue weighted by atomic mass is 9.74. The first-order chi connectivity index (χ1) is 15.8. The second kappa shape index (κ2) is 13.7. The average Bonchev–Trinajstić information content (AvgIpc) is 2.85. The van der Waals surface area contributed by atoms with Gasteiger partial charge in [-0.1, -0.05) is 12.1 Å². The maximum absolute atomic E-state index is 5.86. The molecule has 2 heterocycles. The summed E-state index contributed by atoms with van der Waals surface area (Å²) in [7, 11) is 1.82. The predicted octanol–water partition coefficient (Wildman–Crippen LogP) is 3.13. The van der Waals surface area contributed by atoms with Crippen molar-refractivity contribution in [1.29, 1.82) is 0 Å². The zero-order valence-electron chi connectivity index (χ0n) is 19.9. The van der Waals surface area contributed by atoms with Crippen molar-refractivity contribution >= 4 is 5.96 Å². The van der Waals surface area contributed by atoms with Crippen LogP contribution in [0.5, 0.6) is 5.75 Å². The molecule has 0 amide bonds. The van der Waals surface area contributed by atoms with Gasteiger partial charge in [-0.3, -0.25) is 4.99 Å². The normalized spacial score (nSPS) is 19.5. The molecule has 0 aliphatic carbocycles. The highest BCUT2D eigenvalue weighted by atomic mass is 16.5. The summed E-state index contributed by atoms with van der Waals surface area (Å²) in [5.74, 6) is 2.42. The molecule has 0 atom stereocenters. The number of benzene rings is 1. The molecule has 2 N–H and O–H groups in total. The molecule has 7 heteroatoms. The van der Waals surface area contributed by atoms with Gasteiger partial charge in [-0.2, -0.15) is 0 Å². The van der Waals surface area contributed by atoms with E-state index in [-0.39, 0.29) is 5.41 Å². The van der Waals surface area contributed by atoms with Crippen LogP contribution in [0.2, 0.25) is 0 Å². The van der Waals surface area contributed by atoms with Crippen molar-refractivity contribution in [3.63, 3.8) is 0 Å². The molecule has 2 aliphatic heterocycles. The van der Waals surface area contributed by atoms with Crippen molar-refractivity contribution in [3.8, 4) is 5.75 Å². The molecule has 0 bridgehead atoms. The highest BCUT2D eigenvalue weighted by Crippen LogP contribution is 2.35. The number of guanidine groups is 1. The van der Waals surface area contributed by atoms with Crippen LogP contribution in [0.4, 0.5) is 0 Å². The average molecular weight is 448 g/mol. The van der Waals surface area contributed by atoms with E-state index in [0.717, 1.165) is 96.5 Å². The summed E-state index contributed by atoms with van der Waals surface area (Å²) in [4.78, 5) is 4.42. The summed E-state index contributed by atoms with van der Waals surface area (Å²) in [6.07, 6.45) is 5.18. The van der Waals surface area contributed by atoms with E-state index in [0.29, 0.717) is 12.5 Å². The number of rotatable bonds is 11. The van der Waals surface area contributed by atoms with Crippen molar-refractivity contribution in [2.45, 2.75) is 44.4 Å². The molecule has 1 aromatic rings. The van der Waals surface area contributed by atoms with E-state index >= 15 is 0 Å². The number of nitrogens with one attached hydrogen (secondary N) is 2. The van der Waals surface area contributed by atoms with Crippen LogP contribution in [0, 0.1) is 5.92 Å². The Hall–Kier alpha value is -1.83. The lowest BCUT2D eigenvalue weighted by molar-refractivity contribution is 0.0203. The van der Waals surface area contributed by atoms with E-state index < -0.39 is 0 Å². The van der Waals surface area contributed by atoms with Crippen molar-refractivity contribution in [2.75, 3.05) is 66.4 Å². The van der Waals surface area contributed by atoms with E-state index in [1.54, 1.807) is 0 Å². The Labute approximate surface area is 193 Å². The first kappa shape index (κ1) is 24.8. The molecular formula is C25H41N3O4. The maximum atomic E-state index is 5.86. The summed E-state index contributed by atoms with van der Waals surface area (Å²) in [6, 6.07) is 8.54. The lowest BCUT2D eigenvalue weighted by Crippen LogP contribution is -2.48. The van der Waals surface area contributed by atoms with Crippen molar-refractivity contribution in [3.05, 3.63) is 29.8 Å². The Bertz CT molecular complexity index is 668. The zero-order chi connectivity index (χ0) is 22.5. The maximum Gasteiger partial charge on any atom is 0.191 e. The lowest BCUT2D eigenvalue weighted by Gasteiger charge is -2.38. The third kappa shape index (κ3) is 7.64. The molecule has 0 saturated carbocycles. The Kier molecular flexibility index (Phi) is 10.6. The number of ether oxygens (including phenoxy) is 4. The van der Waals surface area contributed by atoms with E-state index in [1.165, 1.54) is 5.56 Å². The molecule has 2 fully saturated rings. The van der Waals surface area contributed by atoms with E-state index in [2.05, 4.69) is 39.9 Å². The quantitative estimate of drug-likeness (QED) is 0.308. The molecule has 7 nitrogen and oxygen atoms in total. The van der Waals surface area contributed by atoms with Crippen LogP contribution in [0.25, 0.3) is 0 Å². The Morgan fingerprint density at radius 1 is 1.06 bits per heavy atom. The molecule has 3 rings (SSSR count). The molecule has 2 saturated heterocycles. The molecule has 1 aromatic carbocycles. The van der Waals surface area contributed by atoms with Gasteiger partial charge in [-0.05, 0) is 62.6 Å².